The fraction of sp³-hybridized carbons (Fsp3) is 0.409. The molecule has 2 atom stereocenters. The molecule has 2 aliphatic rings. The summed E-state index contributed by atoms with van der Waals surface area (Å²) in [6, 6.07) is 15.9. The maximum absolute atomic E-state index is 12.3. The summed E-state index contributed by atoms with van der Waals surface area (Å²) in [6.07, 6.45) is 0. The second-order valence-electron chi connectivity index (χ2n) is 7.42. The molecule has 1 saturated heterocycles. The maximum Gasteiger partial charge on any atom is 0.234 e. The van der Waals surface area contributed by atoms with E-state index in [0.29, 0.717) is 49.6 Å². The normalized spacial score (nSPS) is 19.9. The number of ether oxygens (including phenoxy) is 3. The van der Waals surface area contributed by atoms with Crippen molar-refractivity contribution in [2.24, 2.45) is 11.7 Å². The Morgan fingerprint density at radius 1 is 1.13 bits per heavy atom. The molecule has 2 aromatic rings. The molecule has 0 spiro atoms. The third kappa shape index (κ3) is 5.36. The molecule has 4 rings (SSSR count). The molecular formula is C22H28ClN3O4. The zero-order valence-corrected chi connectivity index (χ0v) is 17.6. The number of nitrogens with one attached hydrogen (secondary N) is 1. The van der Waals surface area contributed by atoms with Gasteiger partial charge in [-0.2, -0.15) is 0 Å². The van der Waals surface area contributed by atoms with Gasteiger partial charge in [0.2, 0.25) is 12.7 Å². The molecule has 2 heterocycles. The highest BCUT2D eigenvalue weighted by Gasteiger charge is 2.33. The highest BCUT2D eigenvalue weighted by atomic mass is 35.5. The van der Waals surface area contributed by atoms with E-state index in [-0.39, 0.29) is 25.1 Å². The fourth-order valence-corrected chi connectivity index (χ4v) is 3.99. The smallest absolute Gasteiger partial charge is 0.234 e. The predicted molar refractivity (Wildman–Crippen MR) is 116 cm³/mol. The third-order valence-electron chi connectivity index (χ3n) is 5.45. The number of nitrogens with zero attached hydrogens (tertiary/aromatic N) is 1. The minimum Gasteiger partial charge on any atom is -0.492 e. The van der Waals surface area contributed by atoms with Crippen molar-refractivity contribution in [2.75, 3.05) is 46.1 Å². The molecule has 2 aromatic carbocycles. The number of fused-ring (bicyclic) bond motifs is 1. The Labute approximate surface area is 182 Å². The predicted octanol–water partition coefficient (Wildman–Crippen LogP) is 2.01. The Hall–Kier alpha value is -2.48. The lowest BCUT2D eigenvalue weighted by atomic mass is 9.89. The quantitative estimate of drug-likeness (QED) is 0.619. The van der Waals surface area contributed by atoms with Crippen LogP contribution in [-0.2, 0) is 4.79 Å². The van der Waals surface area contributed by atoms with Gasteiger partial charge < -0.3 is 25.3 Å². The second-order valence-corrected chi connectivity index (χ2v) is 7.42. The summed E-state index contributed by atoms with van der Waals surface area (Å²) in [7, 11) is 0. The number of hydrogen-bond donors (Lipinski definition) is 2. The first-order chi connectivity index (χ1) is 14.2. The summed E-state index contributed by atoms with van der Waals surface area (Å²) in [6.45, 7) is 3.78. The maximum atomic E-state index is 12.3. The van der Waals surface area contributed by atoms with Crippen molar-refractivity contribution in [3.8, 4) is 17.2 Å². The van der Waals surface area contributed by atoms with Crippen molar-refractivity contribution >= 4 is 18.3 Å². The van der Waals surface area contributed by atoms with Gasteiger partial charge in [0, 0.05) is 25.1 Å². The van der Waals surface area contributed by atoms with E-state index in [1.807, 2.05) is 18.2 Å². The van der Waals surface area contributed by atoms with Gasteiger partial charge in [0.15, 0.2) is 11.5 Å². The lowest BCUT2D eigenvalue weighted by Gasteiger charge is -2.16. The molecule has 0 aromatic heterocycles. The van der Waals surface area contributed by atoms with Crippen molar-refractivity contribution in [1.82, 2.24) is 10.2 Å². The van der Waals surface area contributed by atoms with E-state index < -0.39 is 0 Å². The monoisotopic (exact) mass is 433 g/mol. The molecule has 3 N–H and O–H groups in total. The zero-order valence-electron chi connectivity index (χ0n) is 16.8. The number of likely N-dealkylation sites (tertiary alicyclic amines) is 1. The van der Waals surface area contributed by atoms with E-state index in [4.69, 9.17) is 19.9 Å². The SMILES string of the molecule is Cl.NC[C@@H]1CN(CC(=O)NCCOc2ccc3c(c2)OCO3)C[C@H]1c1ccccc1. The number of rotatable bonds is 8. The van der Waals surface area contributed by atoms with Gasteiger partial charge in [-0.05, 0) is 30.2 Å². The number of amides is 1. The Morgan fingerprint density at radius 2 is 1.93 bits per heavy atom. The van der Waals surface area contributed by atoms with Gasteiger partial charge in [0.25, 0.3) is 0 Å². The number of hydrogen-bond acceptors (Lipinski definition) is 6. The molecule has 0 aliphatic carbocycles. The van der Waals surface area contributed by atoms with Gasteiger partial charge in [-0.25, -0.2) is 0 Å². The van der Waals surface area contributed by atoms with Crippen molar-refractivity contribution in [1.29, 1.82) is 0 Å². The van der Waals surface area contributed by atoms with Crippen molar-refractivity contribution in [3.63, 3.8) is 0 Å². The van der Waals surface area contributed by atoms with Gasteiger partial charge in [-0.3, -0.25) is 9.69 Å². The minimum absolute atomic E-state index is 0. The average molecular weight is 434 g/mol. The lowest BCUT2D eigenvalue weighted by molar-refractivity contribution is -0.122. The summed E-state index contributed by atoms with van der Waals surface area (Å²) >= 11 is 0. The standard InChI is InChI=1S/C22H27N3O4.ClH/c23-11-17-12-25(13-19(17)16-4-2-1-3-5-16)14-22(26)24-8-9-27-18-6-7-20-21(10-18)29-15-28-20;/h1-7,10,17,19H,8-9,11-15,23H2,(H,24,26);1H/t17-,19+;/m1./s1. The van der Waals surface area contributed by atoms with Gasteiger partial charge in [-0.1, -0.05) is 30.3 Å². The Bertz CT molecular complexity index is 836. The first kappa shape index (κ1) is 22.2. The highest BCUT2D eigenvalue weighted by Crippen LogP contribution is 2.35. The lowest BCUT2D eigenvalue weighted by Crippen LogP contribution is -2.38. The summed E-state index contributed by atoms with van der Waals surface area (Å²) in [4.78, 5) is 14.5. The van der Waals surface area contributed by atoms with Crippen molar-refractivity contribution < 1.29 is 19.0 Å². The van der Waals surface area contributed by atoms with Crippen LogP contribution in [0.4, 0.5) is 0 Å². The molecule has 1 fully saturated rings. The topological polar surface area (TPSA) is 86.1 Å². The largest absolute Gasteiger partial charge is 0.492 e. The van der Waals surface area contributed by atoms with Crippen LogP contribution in [0.3, 0.4) is 0 Å². The van der Waals surface area contributed by atoms with Crippen molar-refractivity contribution in [2.45, 2.75) is 5.92 Å². The van der Waals surface area contributed by atoms with E-state index >= 15 is 0 Å². The van der Waals surface area contributed by atoms with Crippen LogP contribution in [0.2, 0.25) is 0 Å². The zero-order chi connectivity index (χ0) is 20.1. The van der Waals surface area contributed by atoms with Crippen LogP contribution in [0.1, 0.15) is 11.5 Å². The van der Waals surface area contributed by atoms with E-state index in [1.54, 1.807) is 6.07 Å². The van der Waals surface area contributed by atoms with Crippen LogP contribution in [0, 0.1) is 5.92 Å². The second kappa shape index (κ2) is 10.5. The van der Waals surface area contributed by atoms with E-state index in [2.05, 4.69) is 34.5 Å². The molecule has 0 radical (unpaired) electrons. The summed E-state index contributed by atoms with van der Waals surface area (Å²) < 4.78 is 16.3. The molecule has 0 bridgehead atoms. The third-order valence-corrected chi connectivity index (χ3v) is 5.45. The molecule has 7 nitrogen and oxygen atoms in total. The summed E-state index contributed by atoms with van der Waals surface area (Å²) in [5, 5.41) is 2.93. The number of nitrogens with two attached hydrogens (primary N) is 1. The Kier molecular flexibility index (Phi) is 7.79. The molecule has 0 unspecified atom stereocenters. The van der Waals surface area contributed by atoms with Gasteiger partial charge >= 0.3 is 0 Å². The molecule has 30 heavy (non-hydrogen) atoms. The first-order valence-electron chi connectivity index (χ1n) is 9.99. The Balaban J connectivity index is 0.00000256. The number of halogens is 1. The first-order valence-corrected chi connectivity index (χ1v) is 9.99. The van der Waals surface area contributed by atoms with Crippen LogP contribution >= 0.6 is 12.4 Å². The van der Waals surface area contributed by atoms with Crippen molar-refractivity contribution in [3.05, 3.63) is 54.1 Å². The number of carbonyl (C=O) groups is 1. The fourth-order valence-electron chi connectivity index (χ4n) is 3.99. The van der Waals surface area contributed by atoms with Gasteiger partial charge in [-0.15, -0.1) is 12.4 Å². The molecule has 162 valence electrons. The number of benzene rings is 2. The average Bonchev–Trinajstić information content (AvgIpc) is 3.38. The van der Waals surface area contributed by atoms with Crippen LogP contribution in [0.5, 0.6) is 17.2 Å². The molecule has 1 amide bonds. The highest BCUT2D eigenvalue weighted by molar-refractivity contribution is 5.85. The van der Waals surface area contributed by atoms with Crippen LogP contribution in [0.25, 0.3) is 0 Å². The van der Waals surface area contributed by atoms with E-state index in [9.17, 15) is 4.79 Å². The van der Waals surface area contributed by atoms with Crippen LogP contribution in [-0.4, -0.2) is 56.9 Å². The van der Waals surface area contributed by atoms with Crippen LogP contribution in [0.15, 0.2) is 48.5 Å². The van der Waals surface area contributed by atoms with E-state index in [1.165, 1.54) is 5.56 Å². The number of carbonyl (C=O) groups excluding carboxylic acids is 1. The summed E-state index contributed by atoms with van der Waals surface area (Å²) in [5.74, 6) is 2.86. The molecular weight excluding hydrogens is 406 g/mol. The van der Waals surface area contributed by atoms with Crippen LogP contribution < -0.4 is 25.3 Å². The molecule has 0 saturated carbocycles. The van der Waals surface area contributed by atoms with E-state index in [0.717, 1.165) is 18.8 Å². The van der Waals surface area contributed by atoms with Gasteiger partial charge in [0.1, 0.15) is 12.4 Å². The minimum atomic E-state index is 0. The molecule has 8 heteroatoms. The summed E-state index contributed by atoms with van der Waals surface area (Å²) in [5.41, 5.74) is 7.28. The molecule has 2 aliphatic heterocycles. The Morgan fingerprint density at radius 3 is 2.73 bits per heavy atom. The van der Waals surface area contributed by atoms with Gasteiger partial charge in [0.05, 0.1) is 13.1 Å².